The fourth-order valence-corrected chi connectivity index (χ4v) is 3.77. The number of rotatable bonds is 8. The molecule has 1 saturated heterocycles. The summed E-state index contributed by atoms with van der Waals surface area (Å²) in [6.45, 7) is 1.56. The maximum atomic E-state index is 12.8. The number of carbonyl (C=O) groups is 1. The summed E-state index contributed by atoms with van der Waals surface area (Å²) in [4.78, 5) is 16.9. The van der Waals surface area contributed by atoms with E-state index in [0.29, 0.717) is 25.9 Å². The Labute approximate surface area is 191 Å². The van der Waals surface area contributed by atoms with Crippen LogP contribution in [0.4, 0.5) is 18.9 Å². The highest BCUT2D eigenvalue weighted by Gasteiger charge is 2.29. The molecule has 180 valence electrons. The zero-order valence-electron chi connectivity index (χ0n) is 18.9. The Balaban J connectivity index is 1.52. The minimum atomic E-state index is -4.42. The second kappa shape index (κ2) is 11.2. The summed E-state index contributed by atoms with van der Waals surface area (Å²) < 4.78 is 52.4. The lowest BCUT2D eigenvalue weighted by molar-refractivity contribution is -0.153. The highest BCUT2D eigenvalue weighted by Crippen LogP contribution is 2.30. The quantitative estimate of drug-likeness (QED) is 0.580. The van der Waals surface area contributed by atoms with Gasteiger partial charge in [0.2, 0.25) is 5.91 Å². The Morgan fingerprint density at radius 3 is 2.36 bits per heavy atom. The summed E-state index contributed by atoms with van der Waals surface area (Å²) in [6, 6.07) is 12.6. The Morgan fingerprint density at radius 1 is 0.939 bits per heavy atom. The first-order chi connectivity index (χ1) is 15.8. The highest BCUT2D eigenvalue weighted by atomic mass is 19.4. The molecule has 2 aromatic rings. The third-order valence-electron chi connectivity index (χ3n) is 5.53. The number of halogens is 3. The van der Waals surface area contributed by atoms with E-state index in [1.54, 1.807) is 19.2 Å². The summed E-state index contributed by atoms with van der Waals surface area (Å²) in [5.41, 5.74) is 1.90. The van der Waals surface area contributed by atoms with Gasteiger partial charge in [0, 0.05) is 38.3 Å². The maximum absolute atomic E-state index is 12.8. The van der Waals surface area contributed by atoms with E-state index in [1.807, 2.05) is 29.2 Å². The average molecular weight is 467 g/mol. The molecule has 9 heteroatoms. The second-order valence-electron chi connectivity index (χ2n) is 7.81. The molecule has 1 heterocycles. The molecule has 1 amide bonds. The minimum absolute atomic E-state index is 0.0241. The number of nitrogens with zero attached hydrogens (tertiary/aromatic N) is 2. The number of hydrogen-bond acceptors (Lipinski definition) is 5. The van der Waals surface area contributed by atoms with Crippen molar-refractivity contribution in [3.8, 4) is 17.2 Å². The zero-order chi connectivity index (χ0) is 23.8. The number of hydrogen-bond donors (Lipinski definition) is 0. The van der Waals surface area contributed by atoms with Gasteiger partial charge in [0.1, 0.15) is 5.75 Å². The molecule has 0 atom stereocenters. The Hall–Kier alpha value is -3.10. The van der Waals surface area contributed by atoms with Gasteiger partial charge >= 0.3 is 6.18 Å². The van der Waals surface area contributed by atoms with E-state index >= 15 is 0 Å². The van der Waals surface area contributed by atoms with Gasteiger partial charge in [-0.1, -0.05) is 6.07 Å². The first-order valence-electron chi connectivity index (χ1n) is 10.8. The first kappa shape index (κ1) is 24.5. The van der Waals surface area contributed by atoms with E-state index in [2.05, 4.69) is 4.90 Å². The van der Waals surface area contributed by atoms with Crippen molar-refractivity contribution < 1.29 is 32.2 Å². The fourth-order valence-electron chi connectivity index (χ4n) is 3.77. The van der Waals surface area contributed by atoms with Crippen molar-refractivity contribution in [2.24, 2.45) is 0 Å². The van der Waals surface area contributed by atoms with Gasteiger partial charge in [0.15, 0.2) is 18.1 Å². The number of benzene rings is 2. The summed E-state index contributed by atoms with van der Waals surface area (Å²) in [6.07, 6.45) is -2.77. The van der Waals surface area contributed by atoms with Gasteiger partial charge in [-0.05, 0) is 54.8 Å². The van der Waals surface area contributed by atoms with E-state index in [4.69, 9.17) is 14.2 Å². The molecule has 0 saturated carbocycles. The van der Waals surface area contributed by atoms with Crippen LogP contribution in [0.2, 0.25) is 0 Å². The largest absolute Gasteiger partial charge is 0.497 e. The van der Waals surface area contributed by atoms with Crippen molar-refractivity contribution in [1.82, 2.24) is 4.90 Å². The standard InChI is InChI=1S/C24H29F3N2O4/c1-31-20-8-6-19(7-9-20)28-12-3-13-29(15-14-28)23(30)11-5-18-4-10-21(22(16-18)32-2)33-17-24(25,26)27/h4,6-10,16H,3,5,11-15,17H2,1-2H3. The fraction of sp³-hybridized carbons (Fsp3) is 0.458. The van der Waals surface area contributed by atoms with Gasteiger partial charge < -0.3 is 24.0 Å². The van der Waals surface area contributed by atoms with Gasteiger partial charge in [0.05, 0.1) is 14.2 Å². The summed E-state index contributed by atoms with van der Waals surface area (Å²) >= 11 is 0. The summed E-state index contributed by atoms with van der Waals surface area (Å²) in [5, 5.41) is 0. The van der Waals surface area contributed by atoms with Gasteiger partial charge in [0.25, 0.3) is 0 Å². The van der Waals surface area contributed by atoms with Crippen LogP contribution in [0.3, 0.4) is 0 Å². The number of amides is 1. The lowest BCUT2D eigenvalue weighted by atomic mass is 10.1. The van der Waals surface area contributed by atoms with Crippen LogP contribution in [0.5, 0.6) is 17.2 Å². The lowest BCUT2D eigenvalue weighted by Gasteiger charge is -2.24. The van der Waals surface area contributed by atoms with E-state index in [0.717, 1.165) is 36.5 Å². The minimum Gasteiger partial charge on any atom is -0.497 e. The molecule has 3 rings (SSSR count). The normalized spacial score (nSPS) is 14.6. The Bertz CT molecular complexity index is 919. The van der Waals surface area contributed by atoms with Gasteiger partial charge in [-0.25, -0.2) is 0 Å². The first-order valence-corrected chi connectivity index (χ1v) is 10.8. The molecule has 33 heavy (non-hydrogen) atoms. The number of alkyl halides is 3. The van der Waals surface area contributed by atoms with E-state index in [1.165, 1.54) is 13.2 Å². The molecule has 0 aliphatic carbocycles. The molecule has 0 unspecified atom stereocenters. The van der Waals surface area contributed by atoms with Crippen LogP contribution in [0, 0.1) is 0 Å². The number of anilines is 1. The molecular weight excluding hydrogens is 437 g/mol. The van der Waals surface area contributed by atoms with Crippen LogP contribution >= 0.6 is 0 Å². The molecule has 0 N–H and O–H groups in total. The molecule has 1 aliphatic rings. The van der Waals surface area contributed by atoms with Crippen molar-refractivity contribution >= 4 is 11.6 Å². The third-order valence-corrected chi connectivity index (χ3v) is 5.53. The van der Waals surface area contributed by atoms with Crippen LogP contribution < -0.4 is 19.1 Å². The molecular formula is C24H29F3N2O4. The molecule has 2 aromatic carbocycles. The van der Waals surface area contributed by atoms with Crippen LogP contribution in [-0.2, 0) is 11.2 Å². The molecule has 6 nitrogen and oxygen atoms in total. The molecule has 0 spiro atoms. The monoisotopic (exact) mass is 466 g/mol. The smallest absolute Gasteiger partial charge is 0.422 e. The number of ether oxygens (including phenoxy) is 3. The number of aryl methyl sites for hydroxylation is 1. The predicted molar refractivity (Wildman–Crippen MR) is 119 cm³/mol. The molecule has 0 radical (unpaired) electrons. The SMILES string of the molecule is COc1ccc(N2CCCN(C(=O)CCc3ccc(OCC(F)(F)F)c(OC)c3)CC2)cc1. The molecule has 1 fully saturated rings. The number of methoxy groups -OCH3 is 2. The van der Waals surface area contributed by atoms with Crippen LogP contribution in [-0.4, -0.2) is 64.0 Å². The number of carbonyl (C=O) groups excluding carboxylic acids is 1. The second-order valence-corrected chi connectivity index (χ2v) is 7.81. The molecule has 0 aromatic heterocycles. The average Bonchev–Trinajstić information content (AvgIpc) is 3.07. The van der Waals surface area contributed by atoms with Crippen molar-refractivity contribution in [2.75, 3.05) is 51.9 Å². The summed E-state index contributed by atoms with van der Waals surface area (Å²) in [7, 11) is 3.01. The predicted octanol–water partition coefficient (Wildman–Crippen LogP) is 4.32. The van der Waals surface area contributed by atoms with Crippen LogP contribution in [0.25, 0.3) is 0 Å². The van der Waals surface area contributed by atoms with Crippen molar-refractivity contribution in [3.63, 3.8) is 0 Å². The molecule has 1 aliphatic heterocycles. The van der Waals surface area contributed by atoms with E-state index in [9.17, 15) is 18.0 Å². The van der Waals surface area contributed by atoms with Crippen LogP contribution in [0.15, 0.2) is 42.5 Å². The Morgan fingerprint density at radius 2 is 1.70 bits per heavy atom. The van der Waals surface area contributed by atoms with Crippen molar-refractivity contribution in [3.05, 3.63) is 48.0 Å². The van der Waals surface area contributed by atoms with Crippen molar-refractivity contribution in [1.29, 1.82) is 0 Å². The van der Waals surface area contributed by atoms with E-state index < -0.39 is 12.8 Å². The topological polar surface area (TPSA) is 51.2 Å². The third kappa shape index (κ3) is 7.20. The van der Waals surface area contributed by atoms with Gasteiger partial charge in [-0.2, -0.15) is 13.2 Å². The van der Waals surface area contributed by atoms with E-state index in [-0.39, 0.29) is 17.4 Å². The van der Waals surface area contributed by atoms with Gasteiger partial charge in [-0.3, -0.25) is 4.79 Å². The lowest BCUT2D eigenvalue weighted by Crippen LogP contribution is -2.35. The highest BCUT2D eigenvalue weighted by molar-refractivity contribution is 5.76. The van der Waals surface area contributed by atoms with Crippen LogP contribution in [0.1, 0.15) is 18.4 Å². The molecule has 0 bridgehead atoms. The van der Waals surface area contributed by atoms with Crippen molar-refractivity contribution in [2.45, 2.75) is 25.4 Å². The Kier molecular flexibility index (Phi) is 8.30. The van der Waals surface area contributed by atoms with Gasteiger partial charge in [-0.15, -0.1) is 0 Å². The zero-order valence-corrected chi connectivity index (χ0v) is 18.9. The maximum Gasteiger partial charge on any atom is 0.422 e. The summed E-state index contributed by atoms with van der Waals surface area (Å²) in [5.74, 6) is 1.11.